The molecule has 0 amide bonds. The molecule has 0 saturated carbocycles. The van der Waals surface area contributed by atoms with Crippen LogP contribution in [0.3, 0.4) is 0 Å². The Hall–Kier alpha value is -1.47. The molecule has 0 radical (unpaired) electrons. The smallest absolute Gasteiger partial charge is 0.325 e. The third kappa shape index (κ3) is 2.29. The van der Waals surface area contributed by atoms with Gasteiger partial charge < -0.3 is 5.11 Å². The zero-order valence-corrected chi connectivity index (χ0v) is 6.17. The van der Waals surface area contributed by atoms with Gasteiger partial charge in [0.05, 0.1) is 6.20 Å². The van der Waals surface area contributed by atoms with Crippen molar-refractivity contribution in [2.24, 2.45) is 5.90 Å². The second-order valence-electron chi connectivity index (χ2n) is 2.11. The molecule has 0 atom stereocenters. The van der Waals surface area contributed by atoms with Crippen LogP contribution in [0.1, 0.15) is 5.69 Å². The van der Waals surface area contributed by atoms with Gasteiger partial charge in [-0.3, -0.25) is 9.63 Å². The van der Waals surface area contributed by atoms with Gasteiger partial charge in [-0.05, 0) is 0 Å². The monoisotopic (exact) mass is 172 g/mol. The van der Waals surface area contributed by atoms with Crippen LogP contribution in [-0.4, -0.2) is 26.1 Å². The first-order chi connectivity index (χ1) is 5.72. The molecule has 1 heterocycles. The highest BCUT2D eigenvalue weighted by Gasteiger charge is 2.03. The summed E-state index contributed by atoms with van der Waals surface area (Å²) in [7, 11) is 0. The van der Waals surface area contributed by atoms with E-state index in [9.17, 15) is 4.79 Å². The maximum Gasteiger partial charge on any atom is 0.325 e. The minimum absolute atomic E-state index is 0.125. The Kier molecular flexibility index (Phi) is 2.72. The lowest BCUT2D eigenvalue weighted by atomic mass is 10.5. The zero-order chi connectivity index (χ0) is 8.97. The first kappa shape index (κ1) is 8.62. The Morgan fingerprint density at radius 3 is 3.17 bits per heavy atom. The largest absolute Gasteiger partial charge is 0.480 e. The number of hydrogen-bond acceptors (Lipinski definition) is 5. The van der Waals surface area contributed by atoms with E-state index in [0.717, 1.165) is 0 Å². The van der Waals surface area contributed by atoms with Gasteiger partial charge in [0.1, 0.15) is 18.8 Å². The Bertz CT molecular complexity index is 271. The van der Waals surface area contributed by atoms with Crippen molar-refractivity contribution >= 4 is 5.97 Å². The van der Waals surface area contributed by atoms with Crippen molar-refractivity contribution in [3.63, 3.8) is 0 Å². The first-order valence-corrected chi connectivity index (χ1v) is 3.15. The highest BCUT2D eigenvalue weighted by atomic mass is 16.6. The summed E-state index contributed by atoms with van der Waals surface area (Å²) in [6.45, 7) is -0.0861. The van der Waals surface area contributed by atoms with Crippen LogP contribution in [0.15, 0.2) is 6.20 Å². The van der Waals surface area contributed by atoms with Crippen molar-refractivity contribution in [3.8, 4) is 0 Å². The van der Waals surface area contributed by atoms with E-state index in [1.807, 2.05) is 0 Å². The Morgan fingerprint density at radius 1 is 1.83 bits per heavy atom. The number of carbonyl (C=O) groups is 1. The van der Waals surface area contributed by atoms with Crippen molar-refractivity contribution in [1.29, 1.82) is 0 Å². The maximum absolute atomic E-state index is 10.2. The van der Waals surface area contributed by atoms with Crippen molar-refractivity contribution in [1.82, 2.24) is 15.0 Å². The molecule has 0 fully saturated rings. The maximum atomic E-state index is 10.2. The molecule has 0 aromatic carbocycles. The molecule has 0 unspecified atom stereocenters. The summed E-state index contributed by atoms with van der Waals surface area (Å²) in [5.74, 6) is 3.81. The van der Waals surface area contributed by atoms with Gasteiger partial charge in [0.25, 0.3) is 0 Å². The van der Waals surface area contributed by atoms with Crippen LogP contribution in [0.25, 0.3) is 0 Å². The van der Waals surface area contributed by atoms with Gasteiger partial charge in [-0.2, -0.15) is 0 Å². The molecule has 0 aliphatic rings. The van der Waals surface area contributed by atoms with Gasteiger partial charge in [0.15, 0.2) is 0 Å². The lowest BCUT2D eigenvalue weighted by Crippen LogP contribution is -2.09. The number of rotatable bonds is 4. The van der Waals surface area contributed by atoms with Gasteiger partial charge in [-0.1, -0.05) is 5.21 Å². The summed E-state index contributed by atoms with van der Waals surface area (Å²) < 4.78 is 1.19. The van der Waals surface area contributed by atoms with Crippen LogP contribution in [-0.2, 0) is 22.8 Å². The lowest BCUT2D eigenvalue weighted by molar-refractivity contribution is -0.137. The van der Waals surface area contributed by atoms with E-state index in [-0.39, 0.29) is 13.2 Å². The van der Waals surface area contributed by atoms with E-state index in [4.69, 9.17) is 11.0 Å². The highest BCUT2D eigenvalue weighted by Crippen LogP contribution is 1.93. The van der Waals surface area contributed by atoms with E-state index in [0.29, 0.717) is 5.69 Å². The van der Waals surface area contributed by atoms with Gasteiger partial charge in [-0.15, -0.1) is 5.10 Å². The van der Waals surface area contributed by atoms with Crippen LogP contribution in [0.4, 0.5) is 0 Å². The number of nitrogens with two attached hydrogens (primary N) is 1. The molecule has 1 rings (SSSR count). The van der Waals surface area contributed by atoms with Crippen molar-refractivity contribution in [3.05, 3.63) is 11.9 Å². The normalized spacial score (nSPS) is 10.1. The van der Waals surface area contributed by atoms with E-state index in [2.05, 4.69) is 15.1 Å². The summed E-state index contributed by atoms with van der Waals surface area (Å²) in [6.07, 6.45) is 1.46. The van der Waals surface area contributed by atoms with Gasteiger partial charge in [-0.25, -0.2) is 10.6 Å². The molecular formula is C5H8N4O3. The summed E-state index contributed by atoms with van der Waals surface area (Å²) in [5, 5.41) is 15.5. The molecule has 0 aliphatic carbocycles. The zero-order valence-electron chi connectivity index (χ0n) is 6.17. The molecule has 0 bridgehead atoms. The number of nitrogens with zero attached hydrogens (tertiary/aromatic N) is 3. The van der Waals surface area contributed by atoms with Gasteiger partial charge in [0, 0.05) is 0 Å². The molecule has 1 aromatic heterocycles. The third-order valence-corrected chi connectivity index (χ3v) is 1.11. The fourth-order valence-corrected chi connectivity index (χ4v) is 0.706. The number of hydrogen-bond donors (Lipinski definition) is 2. The topological polar surface area (TPSA) is 103 Å². The number of carboxylic acids is 1. The van der Waals surface area contributed by atoms with Crippen molar-refractivity contribution < 1.29 is 14.7 Å². The van der Waals surface area contributed by atoms with Gasteiger partial charge in [0.2, 0.25) is 0 Å². The first-order valence-electron chi connectivity index (χ1n) is 3.15. The highest BCUT2D eigenvalue weighted by molar-refractivity contribution is 5.66. The fourth-order valence-electron chi connectivity index (χ4n) is 0.706. The quantitative estimate of drug-likeness (QED) is 0.550. The molecule has 1 aromatic rings. The molecule has 7 nitrogen and oxygen atoms in total. The van der Waals surface area contributed by atoms with E-state index >= 15 is 0 Å². The predicted octanol–water partition coefficient (Wildman–Crippen LogP) is -1.25. The standard InChI is InChI=1S/C5H8N4O3/c6-12-3-4-1-9(8-7-4)2-5(10)11/h1H,2-3,6H2,(H,10,11). The van der Waals surface area contributed by atoms with E-state index in [1.165, 1.54) is 10.9 Å². The molecule has 7 heteroatoms. The van der Waals surface area contributed by atoms with Crippen LogP contribution < -0.4 is 5.90 Å². The van der Waals surface area contributed by atoms with Crippen LogP contribution in [0.5, 0.6) is 0 Å². The average molecular weight is 172 g/mol. The second kappa shape index (κ2) is 3.79. The van der Waals surface area contributed by atoms with Crippen molar-refractivity contribution in [2.75, 3.05) is 0 Å². The SMILES string of the molecule is NOCc1cn(CC(=O)O)nn1. The number of aromatic nitrogens is 3. The minimum Gasteiger partial charge on any atom is -0.480 e. The Labute approximate surface area is 67.7 Å². The Morgan fingerprint density at radius 2 is 2.58 bits per heavy atom. The van der Waals surface area contributed by atoms with Gasteiger partial charge >= 0.3 is 5.97 Å². The molecule has 3 N–H and O–H groups in total. The molecular weight excluding hydrogens is 164 g/mol. The fraction of sp³-hybridized carbons (Fsp3) is 0.400. The number of carboxylic acid groups (broad SMARTS) is 1. The average Bonchev–Trinajstić information content (AvgIpc) is 2.36. The predicted molar refractivity (Wildman–Crippen MR) is 36.6 cm³/mol. The van der Waals surface area contributed by atoms with E-state index in [1.54, 1.807) is 0 Å². The minimum atomic E-state index is -0.972. The molecule has 0 spiro atoms. The summed E-state index contributed by atoms with van der Waals surface area (Å²) in [4.78, 5) is 14.5. The van der Waals surface area contributed by atoms with Crippen LogP contribution >= 0.6 is 0 Å². The summed E-state index contributed by atoms with van der Waals surface area (Å²) in [5.41, 5.74) is 0.499. The number of aliphatic carboxylic acids is 1. The second-order valence-corrected chi connectivity index (χ2v) is 2.11. The molecule has 0 saturated heterocycles. The van der Waals surface area contributed by atoms with E-state index < -0.39 is 5.97 Å². The van der Waals surface area contributed by atoms with Crippen LogP contribution in [0.2, 0.25) is 0 Å². The Balaban J connectivity index is 2.58. The summed E-state index contributed by atoms with van der Waals surface area (Å²) in [6, 6.07) is 0. The molecule has 0 aliphatic heterocycles. The third-order valence-electron chi connectivity index (χ3n) is 1.11. The molecule has 12 heavy (non-hydrogen) atoms. The lowest BCUT2D eigenvalue weighted by Gasteiger charge is -1.91. The van der Waals surface area contributed by atoms with Crippen LogP contribution in [0, 0.1) is 0 Å². The summed E-state index contributed by atoms with van der Waals surface area (Å²) >= 11 is 0. The molecule has 66 valence electrons. The van der Waals surface area contributed by atoms with Crippen molar-refractivity contribution in [2.45, 2.75) is 13.2 Å².